The number of hydrogen-bond acceptors (Lipinski definition) is 3. The van der Waals surface area contributed by atoms with Crippen LogP contribution >= 0.6 is 15.9 Å². The van der Waals surface area contributed by atoms with Gasteiger partial charge in [-0.3, -0.25) is 9.10 Å². The fourth-order valence-electron chi connectivity index (χ4n) is 3.69. The van der Waals surface area contributed by atoms with Gasteiger partial charge in [-0.2, -0.15) is 0 Å². The average molecular weight is 499 g/mol. The van der Waals surface area contributed by atoms with Crippen LogP contribution in [0.25, 0.3) is 0 Å². The van der Waals surface area contributed by atoms with Gasteiger partial charge in [0.15, 0.2) is 0 Å². The normalized spacial score (nSPS) is 13.5. The number of hydrogen-bond donors (Lipinski definition) is 0. The fraction of sp³-hybridized carbons (Fsp3) is 0.208. The van der Waals surface area contributed by atoms with Crippen molar-refractivity contribution in [1.82, 2.24) is 4.90 Å². The molecule has 4 rings (SSSR count). The summed E-state index contributed by atoms with van der Waals surface area (Å²) in [5, 5.41) is 0. The molecule has 0 aromatic heterocycles. The Kier molecular flexibility index (Phi) is 6.16. The minimum atomic E-state index is -3.91. The number of sulfonamides is 1. The zero-order valence-electron chi connectivity index (χ0n) is 17.2. The highest BCUT2D eigenvalue weighted by molar-refractivity contribution is 9.10. The van der Waals surface area contributed by atoms with Crippen LogP contribution in [0.5, 0.6) is 0 Å². The molecule has 0 atom stereocenters. The van der Waals surface area contributed by atoms with E-state index < -0.39 is 10.0 Å². The third-order valence-corrected chi connectivity index (χ3v) is 7.80. The van der Waals surface area contributed by atoms with Crippen LogP contribution in [0.4, 0.5) is 5.69 Å². The van der Waals surface area contributed by atoms with Crippen LogP contribution in [0, 0.1) is 6.92 Å². The van der Waals surface area contributed by atoms with Gasteiger partial charge in [0, 0.05) is 17.6 Å². The Morgan fingerprint density at radius 3 is 2.29 bits per heavy atom. The van der Waals surface area contributed by atoms with Gasteiger partial charge in [-0.25, -0.2) is 8.42 Å². The quantitative estimate of drug-likeness (QED) is 0.518. The number of carbonyl (C=O) groups is 1. The molecule has 1 heterocycles. The van der Waals surface area contributed by atoms with E-state index in [-0.39, 0.29) is 17.3 Å². The molecule has 3 aromatic rings. The summed E-state index contributed by atoms with van der Waals surface area (Å²) in [6.07, 6.45) is 0.769. The van der Waals surface area contributed by atoms with Crippen molar-refractivity contribution in [2.24, 2.45) is 0 Å². The lowest BCUT2D eigenvalue weighted by Gasteiger charge is -2.31. The van der Waals surface area contributed by atoms with Crippen molar-refractivity contribution < 1.29 is 13.2 Å². The molecule has 0 N–H and O–H groups in total. The van der Waals surface area contributed by atoms with E-state index in [1.54, 1.807) is 53.4 Å². The van der Waals surface area contributed by atoms with Gasteiger partial charge in [0.1, 0.15) is 6.54 Å². The van der Waals surface area contributed by atoms with Crippen LogP contribution in [0.1, 0.15) is 16.7 Å². The number of rotatable bonds is 5. The molecule has 7 heteroatoms. The summed E-state index contributed by atoms with van der Waals surface area (Å²) in [6, 6.07) is 21.7. The van der Waals surface area contributed by atoms with E-state index in [1.165, 1.54) is 9.87 Å². The maximum atomic E-state index is 13.5. The molecule has 160 valence electrons. The van der Waals surface area contributed by atoms with Gasteiger partial charge in [-0.15, -0.1) is 0 Å². The predicted octanol–water partition coefficient (Wildman–Crippen LogP) is 4.54. The lowest BCUT2D eigenvalue weighted by molar-refractivity contribution is -0.130. The minimum absolute atomic E-state index is 0.165. The van der Waals surface area contributed by atoms with Crippen LogP contribution in [-0.4, -0.2) is 32.3 Å². The molecule has 0 saturated heterocycles. The van der Waals surface area contributed by atoms with Gasteiger partial charge in [0.25, 0.3) is 10.0 Å². The number of amides is 1. The number of anilines is 1. The standard InChI is InChI=1S/C24H23BrN2O3S/c1-18-6-12-23(13-7-18)31(29,30)27(22-10-8-21(25)9-11-22)17-24(28)26-15-14-19-4-2-3-5-20(19)16-26/h2-13H,14-17H2,1H3. The zero-order valence-corrected chi connectivity index (χ0v) is 19.6. The Morgan fingerprint density at radius 1 is 0.968 bits per heavy atom. The second-order valence-electron chi connectivity index (χ2n) is 7.64. The van der Waals surface area contributed by atoms with Crippen molar-refractivity contribution in [2.75, 3.05) is 17.4 Å². The molecule has 1 amide bonds. The monoisotopic (exact) mass is 498 g/mol. The minimum Gasteiger partial charge on any atom is -0.336 e. The molecule has 5 nitrogen and oxygen atoms in total. The molecule has 3 aromatic carbocycles. The molecule has 1 aliphatic heterocycles. The summed E-state index contributed by atoms with van der Waals surface area (Å²) >= 11 is 3.38. The fourth-order valence-corrected chi connectivity index (χ4v) is 5.37. The molecule has 31 heavy (non-hydrogen) atoms. The second-order valence-corrected chi connectivity index (χ2v) is 10.4. The summed E-state index contributed by atoms with van der Waals surface area (Å²) in [6.45, 7) is 2.73. The number of aryl methyl sites for hydroxylation is 1. The van der Waals surface area contributed by atoms with E-state index in [2.05, 4.69) is 22.0 Å². The Balaban J connectivity index is 1.64. The highest BCUT2D eigenvalue weighted by atomic mass is 79.9. The number of carbonyl (C=O) groups excluding carboxylic acids is 1. The van der Waals surface area contributed by atoms with Gasteiger partial charge in [-0.05, 0) is 60.9 Å². The topological polar surface area (TPSA) is 57.7 Å². The third-order valence-electron chi connectivity index (χ3n) is 5.49. The highest BCUT2D eigenvalue weighted by Crippen LogP contribution is 2.26. The van der Waals surface area contributed by atoms with Crippen LogP contribution in [-0.2, 0) is 27.8 Å². The van der Waals surface area contributed by atoms with E-state index in [1.807, 2.05) is 25.1 Å². The molecule has 0 saturated carbocycles. The van der Waals surface area contributed by atoms with Crippen LogP contribution in [0.2, 0.25) is 0 Å². The summed E-state index contributed by atoms with van der Waals surface area (Å²) in [4.78, 5) is 15.1. The van der Waals surface area contributed by atoms with Crippen LogP contribution in [0.15, 0.2) is 82.2 Å². The van der Waals surface area contributed by atoms with Crippen molar-refractivity contribution in [2.45, 2.75) is 24.8 Å². The SMILES string of the molecule is Cc1ccc(S(=O)(=O)N(CC(=O)N2CCc3ccccc3C2)c2ccc(Br)cc2)cc1. The zero-order chi connectivity index (χ0) is 22.0. The molecule has 0 aliphatic carbocycles. The first-order chi connectivity index (χ1) is 14.8. The molecular formula is C24H23BrN2O3S. The van der Waals surface area contributed by atoms with Gasteiger partial charge >= 0.3 is 0 Å². The molecule has 0 unspecified atom stereocenters. The van der Waals surface area contributed by atoms with Crippen LogP contribution in [0.3, 0.4) is 0 Å². The van der Waals surface area contributed by atoms with Gasteiger partial charge in [-0.1, -0.05) is 57.9 Å². The Bertz CT molecular complexity index is 1190. The largest absolute Gasteiger partial charge is 0.336 e. The number of benzene rings is 3. The van der Waals surface area contributed by atoms with Gasteiger partial charge in [0.05, 0.1) is 10.6 Å². The van der Waals surface area contributed by atoms with Gasteiger partial charge < -0.3 is 4.90 Å². The first kappa shape index (κ1) is 21.6. The first-order valence-electron chi connectivity index (χ1n) is 10.0. The lowest BCUT2D eigenvalue weighted by Crippen LogP contribution is -2.44. The maximum Gasteiger partial charge on any atom is 0.264 e. The van der Waals surface area contributed by atoms with Crippen molar-refractivity contribution >= 4 is 37.5 Å². The number of nitrogens with zero attached hydrogens (tertiary/aromatic N) is 2. The second kappa shape index (κ2) is 8.85. The smallest absolute Gasteiger partial charge is 0.264 e. The molecular weight excluding hydrogens is 476 g/mol. The van der Waals surface area contributed by atoms with Gasteiger partial charge in [0.2, 0.25) is 5.91 Å². The van der Waals surface area contributed by atoms with E-state index in [4.69, 9.17) is 0 Å². The van der Waals surface area contributed by atoms with E-state index in [9.17, 15) is 13.2 Å². The molecule has 0 bridgehead atoms. The maximum absolute atomic E-state index is 13.5. The molecule has 0 spiro atoms. The Hall–Kier alpha value is -2.64. The van der Waals surface area contributed by atoms with E-state index in [0.717, 1.165) is 22.0 Å². The number of fused-ring (bicyclic) bond motifs is 1. The Labute approximate surface area is 191 Å². The van der Waals surface area contributed by atoms with Crippen molar-refractivity contribution in [3.63, 3.8) is 0 Å². The molecule has 1 aliphatic rings. The molecule has 0 fully saturated rings. The predicted molar refractivity (Wildman–Crippen MR) is 125 cm³/mol. The van der Waals surface area contributed by atoms with Crippen molar-refractivity contribution in [3.8, 4) is 0 Å². The summed E-state index contributed by atoms with van der Waals surface area (Å²) < 4.78 is 29.0. The lowest BCUT2D eigenvalue weighted by atomic mass is 10.00. The third kappa shape index (κ3) is 4.67. The van der Waals surface area contributed by atoms with Crippen molar-refractivity contribution in [3.05, 3.63) is 94.0 Å². The summed E-state index contributed by atoms with van der Waals surface area (Å²) in [7, 11) is -3.91. The summed E-state index contributed by atoms with van der Waals surface area (Å²) in [5.41, 5.74) is 3.77. The van der Waals surface area contributed by atoms with Crippen LogP contribution < -0.4 is 4.31 Å². The van der Waals surface area contributed by atoms with Crippen molar-refractivity contribution in [1.29, 1.82) is 0 Å². The summed E-state index contributed by atoms with van der Waals surface area (Å²) in [5.74, 6) is -0.215. The number of halogens is 1. The van der Waals surface area contributed by atoms with E-state index in [0.29, 0.717) is 18.8 Å². The van der Waals surface area contributed by atoms with E-state index >= 15 is 0 Å². The first-order valence-corrected chi connectivity index (χ1v) is 12.3. The molecule has 0 radical (unpaired) electrons. The Morgan fingerprint density at radius 2 is 1.61 bits per heavy atom. The highest BCUT2D eigenvalue weighted by Gasteiger charge is 2.30. The average Bonchev–Trinajstić information content (AvgIpc) is 2.78.